The van der Waals surface area contributed by atoms with Crippen molar-refractivity contribution in [2.75, 3.05) is 36.4 Å². The van der Waals surface area contributed by atoms with Crippen molar-refractivity contribution in [1.82, 2.24) is 4.90 Å². The first-order valence-corrected chi connectivity index (χ1v) is 8.70. The Labute approximate surface area is 144 Å². The van der Waals surface area contributed by atoms with Gasteiger partial charge in [-0.1, -0.05) is 18.2 Å². The van der Waals surface area contributed by atoms with E-state index in [1.54, 1.807) is 6.07 Å². The zero-order valence-electron chi connectivity index (χ0n) is 14.5. The first kappa shape index (κ1) is 16.8. The molecule has 0 aliphatic carbocycles. The molecule has 0 aromatic heterocycles. The average Bonchev–Trinajstić information content (AvgIpc) is 2.62. The summed E-state index contributed by atoms with van der Waals surface area (Å²) in [5.41, 5.74) is 2.96. The second-order valence-corrected chi connectivity index (χ2v) is 6.61. The van der Waals surface area contributed by atoms with E-state index >= 15 is 0 Å². The fourth-order valence-electron chi connectivity index (χ4n) is 3.13. The first-order valence-electron chi connectivity index (χ1n) is 8.70. The second-order valence-electron chi connectivity index (χ2n) is 6.61. The molecule has 2 aromatic rings. The lowest BCUT2D eigenvalue weighted by molar-refractivity contribution is 0.209. The van der Waals surface area contributed by atoms with Crippen molar-refractivity contribution in [2.45, 2.75) is 26.4 Å². The second kappa shape index (κ2) is 7.67. The molecule has 0 amide bonds. The molecular formula is C20H26FN3. The SMILES string of the molecule is CC(C)N1CCN(c2ccc(NCc3ccccc3F)cc2)CC1. The molecule has 4 heteroatoms. The Kier molecular flexibility index (Phi) is 5.36. The van der Waals surface area contributed by atoms with E-state index in [4.69, 9.17) is 0 Å². The van der Waals surface area contributed by atoms with Crippen LogP contribution in [0.2, 0.25) is 0 Å². The van der Waals surface area contributed by atoms with Gasteiger partial charge in [0.15, 0.2) is 0 Å². The van der Waals surface area contributed by atoms with Gasteiger partial charge in [0.25, 0.3) is 0 Å². The van der Waals surface area contributed by atoms with Crippen LogP contribution in [0.5, 0.6) is 0 Å². The monoisotopic (exact) mass is 327 g/mol. The minimum Gasteiger partial charge on any atom is -0.381 e. The Hall–Kier alpha value is -2.07. The number of nitrogens with zero attached hydrogens (tertiary/aromatic N) is 2. The summed E-state index contributed by atoms with van der Waals surface area (Å²) in [6.45, 7) is 9.38. The predicted molar refractivity (Wildman–Crippen MR) is 99.1 cm³/mol. The topological polar surface area (TPSA) is 18.5 Å². The summed E-state index contributed by atoms with van der Waals surface area (Å²) in [6.07, 6.45) is 0. The summed E-state index contributed by atoms with van der Waals surface area (Å²) in [4.78, 5) is 4.94. The molecule has 3 nitrogen and oxygen atoms in total. The third-order valence-corrected chi connectivity index (χ3v) is 4.72. The lowest BCUT2D eigenvalue weighted by atomic mass is 10.2. The van der Waals surface area contributed by atoms with Gasteiger partial charge in [-0.05, 0) is 44.2 Å². The molecular weight excluding hydrogens is 301 g/mol. The molecule has 0 atom stereocenters. The molecule has 1 heterocycles. The number of nitrogens with one attached hydrogen (secondary N) is 1. The average molecular weight is 327 g/mol. The number of benzene rings is 2. The van der Waals surface area contributed by atoms with Crippen LogP contribution in [0.4, 0.5) is 15.8 Å². The van der Waals surface area contributed by atoms with E-state index in [0.29, 0.717) is 18.2 Å². The molecule has 1 aliphatic rings. The predicted octanol–water partition coefficient (Wildman–Crippen LogP) is 3.97. The summed E-state index contributed by atoms with van der Waals surface area (Å²) in [6, 6.07) is 15.9. The zero-order chi connectivity index (χ0) is 16.9. The number of halogens is 1. The Balaban J connectivity index is 1.55. The van der Waals surface area contributed by atoms with Crippen molar-refractivity contribution in [2.24, 2.45) is 0 Å². The van der Waals surface area contributed by atoms with E-state index in [0.717, 1.165) is 31.9 Å². The highest BCUT2D eigenvalue weighted by atomic mass is 19.1. The third kappa shape index (κ3) is 4.06. The maximum absolute atomic E-state index is 13.6. The van der Waals surface area contributed by atoms with E-state index in [9.17, 15) is 4.39 Å². The van der Waals surface area contributed by atoms with Crippen LogP contribution in [0.15, 0.2) is 48.5 Å². The molecule has 1 saturated heterocycles. The molecule has 128 valence electrons. The minimum absolute atomic E-state index is 0.162. The van der Waals surface area contributed by atoms with Gasteiger partial charge in [-0.15, -0.1) is 0 Å². The van der Waals surface area contributed by atoms with Crippen LogP contribution in [0, 0.1) is 5.82 Å². The first-order chi connectivity index (χ1) is 11.6. The molecule has 3 rings (SSSR count). The van der Waals surface area contributed by atoms with Crippen molar-refractivity contribution in [3.05, 3.63) is 59.9 Å². The summed E-state index contributed by atoms with van der Waals surface area (Å²) in [5, 5.41) is 3.29. The maximum Gasteiger partial charge on any atom is 0.128 e. The van der Waals surface area contributed by atoms with Crippen LogP contribution in [-0.4, -0.2) is 37.1 Å². The van der Waals surface area contributed by atoms with Crippen LogP contribution in [0.3, 0.4) is 0 Å². The number of piperazine rings is 1. The van der Waals surface area contributed by atoms with Gasteiger partial charge in [-0.3, -0.25) is 4.90 Å². The van der Waals surface area contributed by atoms with Crippen molar-refractivity contribution < 1.29 is 4.39 Å². The van der Waals surface area contributed by atoms with Crippen LogP contribution in [-0.2, 0) is 6.54 Å². The normalized spacial score (nSPS) is 15.8. The Morgan fingerprint density at radius 1 is 0.958 bits per heavy atom. The highest BCUT2D eigenvalue weighted by Crippen LogP contribution is 2.20. The summed E-state index contributed by atoms with van der Waals surface area (Å²) < 4.78 is 13.6. The lowest BCUT2D eigenvalue weighted by Crippen LogP contribution is -2.48. The third-order valence-electron chi connectivity index (χ3n) is 4.72. The molecule has 1 fully saturated rings. The van der Waals surface area contributed by atoms with Crippen molar-refractivity contribution in [1.29, 1.82) is 0 Å². The molecule has 2 aromatic carbocycles. The molecule has 1 aliphatic heterocycles. The molecule has 0 radical (unpaired) electrons. The number of hydrogen-bond acceptors (Lipinski definition) is 3. The Morgan fingerprint density at radius 2 is 1.62 bits per heavy atom. The summed E-state index contributed by atoms with van der Waals surface area (Å²) in [5.74, 6) is -0.162. The van der Waals surface area contributed by atoms with Gasteiger partial charge in [-0.2, -0.15) is 0 Å². The summed E-state index contributed by atoms with van der Waals surface area (Å²) in [7, 11) is 0. The van der Waals surface area contributed by atoms with Gasteiger partial charge < -0.3 is 10.2 Å². The van der Waals surface area contributed by atoms with E-state index in [1.165, 1.54) is 11.8 Å². The van der Waals surface area contributed by atoms with Gasteiger partial charge >= 0.3 is 0 Å². The van der Waals surface area contributed by atoms with Crippen molar-refractivity contribution in [3.8, 4) is 0 Å². The quantitative estimate of drug-likeness (QED) is 0.896. The van der Waals surface area contributed by atoms with Gasteiger partial charge in [0.2, 0.25) is 0 Å². The minimum atomic E-state index is -0.162. The highest BCUT2D eigenvalue weighted by Gasteiger charge is 2.18. The lowest BCUT2D eigenvalue weighted by Gasteiger charge is -2.38. The van der Waals surface area contributed by atoms with Gasteiger partial charge in [0.05, 0.1) is 0 Å². The van der Waals surface area contributed by atoms with Crippen LogP contribution >= 0.6 is 0 Å². The van der Waals surface area contributed by atoms with Gasteiger partial charge in [-0.25, -0.2) is 4.39 Å². The highest BCUT2D eigenvalue weighted by molar-refractivity contribution is 5.55. The number of hydrogen-bond donors (Lipinski definition) is 1. The van der Waals surface area contributed by atoms with E-state index < -0.39 is 0 Å². The number of rotatable bonds is 5. The molecule has 24 heavy (non-hydrogen) atoms. The van der Waals surface area contributed by atoms with E-state index in [-0.39, 0.29) is 5.82 Å². The van der Waals surface area contributed by atoms with E-state index in [1.807, 2.05) is 12.1 Å². The zero-order valence-corrected chi connectivity index (χ0v) is 14.5. The molecule has 1 N–H and O–H groups in total. The van der Waals surface area contributed by atoms with Gasteiger partial charge in [0, 0.05) is 55.7 Å². The molecule has 0 unspecified atom stereocenters. The largest absolute Gasteiger partial charge is 0.381 e. The Bertz CT molecular complexity index is 646. The van der Waals surface area contributed by atoms with Crippen molar-refractivity contribution in [3.63, 3.8) is 0 Å². The smallest absolute Gasteiger partial charge is 0.128 e. The van der Waals surface area contributed by atoms with Gasteiger partial charge in [0.1, 0.15) is 5.82 Å². The molecule has 0 saturated carbocycles. The Morgan fingerprint density at radius 3 is 2.25 bits per heavy atom. The maximum atomic E-state index is 13.6. The fourth-order valence-corrected chi connectivity index (χ4v) is 3.13. The standard InChI is InChI=1S/C20H26FN3/c1-16(2)23-11-13-24(14-12-23)19-9-7-18(8-10-19)22-15-17-5-3-4-6-20(17)21/h3-10,16,22H,11-15H2,1-2H3. The van der Waals surface area contributed by atoms with Crippen LogP contribution in [0.25, 0.3) is 0 Å². The van der Waals surface area contributed by atoms with Crippen LogP contribution in [0.1, 0.15) is 19.4 Å². The molecule has 0 bridgehead atoms. The number of anilines is 2. The van der Waals surface area contributed by atoms with Crippen molar-refractivity contribution >= 4 is 11.4 Å². The fraction of sp³-hybridized carbons (Fsp3) is 0.400. The van der Waals surface area contributed by atoms with E-state index in [2.05, 4.69) is 53.2 Å². The summed E-state index contributed by atoms with van der Waals surface area (Å²) >= 11 is 0. The molecule has 0 spiro atoms. The van der Waals surface area contributed by atoms with Crippen LogP contribution < -0.4 is 10.2 Å².